The molecule has 7 heteroatoms. The van der Waals surface area contributed by atoms with Gasteiger partial charge in [0.2, 0.25) is 5.91 Å². The molecule has 130 valence electrons. The second-order valence-electron chi connectivity index (χ2n) is 6.13. The fourth-order valence-electron chi connectivity index (χ4n) is 3.10. The van der Waals surface area contributed by atoms with Gasteiger partial charge in [-0.3, -0.25) is 4.79 Å². The lowest BCUT2D eigenvalue weighted by Gasteiger charge is -2.13. The van der Waals surface area contributed by atoms with E-state index in [0.717, 1.165) is 33.8 Å². The Bertz CT molecular complexity index is 889. The smallest absolute Gasteiger partial charge is 0.233 e. The number of thioether (sulfide) groups is 1. The van der Waals surface area contributed by atoms with Gasteiger partial charge in [-0.2, -0.15) is 0 Å². The molecular weight excluding hydrogens is 354 g/mol. The zero-order valence-electron chi connectivity index (χ0n) is 13.9. The number of hydrogen-bond donors (Lipinski definition) is 1. The standard InChI is InChI=1S/C18H19N3O2S2/c1-11(16(22)19-9-12-5-4-8-23-12)24-17-15-13-6-2-3-7-14(13)25-18(15)21-10-20-17/h4-5,8,10-11H,2-3,6-7,9H2,1H3,(H,19,22). The molecule has 1 N–H and O–H groups in total. The highest BCUT2D eigenvalue weighted by molar-refractivity contribution is 8.00. The van der Waals surface area contributed by atoms with Crippen molar-refractivity contribution in [3.05, 3.63) is 40.9 Å². The molecule has 0 fully saturated rings. The van der Waals surface area contributed by atoms with Gasteiger partial charge in [-0.05, 0) is 50.3 Å². The Morgan fingerprint density at radius 1 is 1.40 bits per heavy atom. The zero-order valence-corrected chi connectivity index (χ0v) is 15.6. The Balaban J connectivity index is 1.51. The molecule has 0 saturated carbocycles. The van der Waals surface area contributed by atoms with Crippen LogP contribution in [0.25, 0.3) is 10.2 Å². The molecule has 3 aromatic rings. The van der Waals surface area contributed by atoms with E-state index in [0.29, 0.717) is 6.54 Å². The normalized spacial score (nSPS) is 15.1. The van der Waals surface area contributed by atoms with Gasteiger partial charge in [-0.1, -0.05) is 11.8 Å². The third-order valence-electron chi connectivity index (χ3n) is 4.39. The molecule has 25 heavy (non-hydrogen) atoms. The van der Waals surface area contributed by atoms with Gasteiger partial charge in [0, 0.05) is 10.3 Å². The lowest BCUT2D eigenvalue weighted by molar-refractivity contribution is -0.120. The van der Waals surface area contributed by atoms with E-state index in [4.69, 9.17) is 4.42 Å². The molecule has 1 amide bonds. The Morgan fingerprint density at radius 2 is 2.28 bits per heavy atom. The minimum absolute atomic E-state index is 0.0164. The molecule has 0 aliphatic heterocycles. The average Bonchev–Trinajstić information content (AvgIpc) is 3.27. The van der Waals surface area contributed by atoms with Gasteiger partial charge in [0.05, 0.1) is 18.1 Å². The fraction of sp³-hybridized carbons (Fsp3) is 0.389. The molecule has 0 saturated heterocycles. The summed E-state index contributed by atoms with van der Waals surface area (Å²) in [5.41, 5.74) is 1.40. The van der Waals surface area contributed by atoms with Crippen LogP contribution in [0.3, 0.4) is 0 Å². The van der Waals surface area contributed by atoms with E-state index in [1.54, 1.807) is 23.9 Å². The molecule has 1 aliphatic carbocycles. The molecule has 0 bridgehead atoms. The van der Waals surface area contributed by atoms with Gasteiger partial charge in [-0.15, -0.1) is 11.3 Å². The van der Waals surface area contributed by atoms with Crippen molar-refractivity contribution in [3.8, 4) is 0 Å². The molecule has 4 rings (SSSR count). The third kappa shape index (κ3) is 3.43. The first kappa shape index (κ1) is 16.6. The van der Waals surface area contributed by atoms with Crippen molar-refractivity contribution < 1.29 is 9.21 Å². The number of nitrogens with zero attached hydrogens (tertiary/aromatic N) is 2. The Hall–Kier alpha value is -1.86. The van der Waals surface area contributed by atoms with Gasteiger partial charge in [-0.25, -0.2) is 9.97 Å². The van der Waals surface area contributed by atoms with Gasteiger partial charge < -0.3 is 9.73 Å². The van der Waals surface area contributed by atoms with Crippen LogP contribution >= 0.6 is 23.1 Å². The summed E-state index contributed by atoms with van der Waals surface area (Å²) in [6.07, 6.45) is 7.92. The Kier molecular flexibility index (Phi) is 4.76. The van der Waals surface area contributed by atoms with Crippen LogP contribution < -0.4 is 5.32 Å². The molecule has 1 unspecified atom stereocenters. The first-order valence-corrected chi connectivity index (χ1v) is 10.1. The second kappa shape index (κ2) is 7.17. The molecule has 0 aromatic carbocycles. The average molecular weight is 374 g/mol. The minimum atomic E-state index is -0.229. The van der Waals surface area contributed by atoms with Crippen molar-refractivity contribution in [2.75, 3.05) is 0 Å². The van der Waals surface area contributed by atoms with Crippen molar-refractivity contribution in [1.82, 2.24) is 15.3 Å². The van der Waals surface area contributed by atoms with E-state index < -0.39 is 0 Å². The summed E-state index contributed by atoms with van der Waals surface area (Å²) in [5, 5.41) is 4.77. The van der Waals surface area contributed by atoms with Crippen molar-refractivity contribution in [3.63, 3.8) is 0 Å². The highest BCUT2D eigenvalue weighted by Gasteiger charge is 2.23. The first-order chi connectivity index (χ1) is 12.2. The first-order valence-electron chi connectivity index (χ1n) is 8.44. The monoisotopic (exact) mass is 373 g/mol. The van der Waals surface area contributed by atoms with Crippen molar-refractivity contribution in [1.29, 1.82) is 0 Å². The predicted octanol–water partition coefficient (Wildman–Crippen LogP) is 3.96. The molecule has 0 radical (unpaired) electrons. The van der Waals surface area contributed by atoms with Crippen molar-refractivity contribution in [2.24, 2.45) is 0 Å². The molecule has 5 nitrogen and oxygen atoms in total. The van der Waals surface area contributed by atoms with Crippen LogP contribution in [0.2, 0.25) is 0 Å². The van der Waals surface area contributed by atoms with E-state index >= 15 is 0 Å². The fourth-order valence-corrected chi connectivity index (χ4v) is 5.37. The number of furan rings is 1. The van der Waals surface area contributed by atoms with Crippen LogP contribution in [0, 0.1) is 0 Å². The van der Waals surface area contributed by atoms with Gasteiger partial charge in [0.25, 0.3) is 0 Å². The molecule has 3 heterocycles. The van der Waals surface area contributed by atoms with Gasteiger partial charge >= 0.3 is 0 Å². The maximum absolute atomic E-state index is 12.4. The third-order valence-corrected chi connectivity index (χ3v) is 6.69. The Morgan fingerprint density at radius 3 is 3.12 bits per heavy atom. The second-order valence-corrected chi connectivity index (χ2v) is 8.54. The van der Waals surface area contributed by atoms with Crippen LogP contribution in [0.5, 0.6) is 0 Å². The predicted molar refractivity (Wildman–Crippen MR) is 99.9 cm³/mol. The van der Waals surface area contributed by atoms with E-state index in [2.05, 4.69) is 15.3 Å². The quantitative estimate of drug-likeness (QED) is 0.541. The van der Waals surface area contributed by atoms with E-state index in [9.17, 15) is 4.79 Å². The number of hydrogen-bond acceptors (Lipinski definition) is 6. The number of carbonyl (C=O) groups is 1. The molecule has 1 aliphatic rings. The number of nitrogens with one attached hydrogen (secondary N) is 1. The highest BCUT2D eigenvalue weighted by Crippen LogP contribution is 2.40. The van der Waals surface area contributed by atoms with Crippen LogP contribution in [0.1, 0.15) is 36.0 Å². The Labute approximate surface area is 154 Å². The van der Waals surface area contributed by atoms with Crippen LogP contribution in [-0.2, 0) is 24.2 Å². The van der Waals surface area contributed by atoms with Gasteiger partial charge in [0.1, 0.15) is 21.9 Å². The van der Waals surface area contributed by atoms with E-state index in [1.807, 2.05) is 19.1 Å². The molecule has 3 aromatic heterocycles. The van der Waals surface area contributed by atoms with Crippen molar-refractivity contribution in [2.45, 2.75) is 49.4 Å². The number of aryl methyl sites for hydroxylation is 2. The zero-order chi connectivity index (χ0) is 17.2. The molecule has 0 spiro atoms. The number of carbonyl (C=O) groups excluding carboxylic acids is 1. The maximum atomic E-state index is 12.4. The SMILES string of the molecule is CC(Sc1ncnc2sc3c(c12)CCCC3)C(=O)NCc1ccco1. The lowest BCUT2D eigenvalue weighted by atomic mass is 9.97. The van der Waals surface area contributed by atoms with Crippen LogP contribution in [0.15, 0.2) is 34.2 Å². The number of thiophene rings is 1. The summed E-state index contributed by atoms with van der Waals surface area (Å²) in [7, 11) is 0. The highest BCUT2D eigenvalue weighted by atomic mass is 32.2. The summed E-state index contributed by atoms with van der Waals surface area (Å²) >= 11 is 3.29. The summed E-state index contributed by atoms with van der Waals surface area (Å²) in [6.45, 7) is 2.32. The summed E-state index contributed by atoms with van der Waals surface area (Å²) in [6, 6.07) is 3.67. The van der Waals surface area contributed by atoms with Gasteiger partial charge in [0.15, 0.2) is 0 Å². The number of fused-ring (bicyclic) bond motifs is 3. The van der Waals surface area contributed by atoms with Crippen molar-refractivity contribution >= 4 is 39.2 Å². The topological polar surface area (TPSA) is 68.0 Å². The van der Waals surface area contributed by atoms with Crippen LogP contribution in [0.4, 0.5) is 0 Å². The lowest BCUT2D eigenvalue weighted by Crippen LogP contribution is -2.30. The number of aromatic nitrogens is 2. The summed E-state index contributed by atoms with van der Waals surface area (Å²) in [5.74, 6) is 0.735. The van der Waals surface area contributed by atoms with Crippen LogP contribution in [-0.4, -0.2) is 21.1 Å². The summed E-state index contributed by atoms with van der Waals surface area (Å²) in [4.78, 5) is 23.8. The maximum Gasteiger partial charge on any atom is 0.233 e. The van der Waals surface area contributed by atoms with E-state index in [1.165, 1.54) is 35.0 Å². The molecular formula is C18H19N3O2S2. The number of rotatable bonds is 5. The van der Waals surface area contributed by atoms with E-state index in [-0.39, 0.29) is 11.2 Å². The molecule has 1 atom stereocenters. The largest absolute Gasteiger partial charge is 0.467 e. The minimum Gasteiger partial charge on any atom is -0.467 e. The summed E-state index contributed by atoms with van der Waals surface area (Å²) < 4.78 is 5.25. The number of amides is 1.